The van der Waals surface area contributed by atoms with Crippen molar-refractivity contribution in [3.05, 3.63) is 47.3 Å². The first-order chi connectivity index (χ1) is 11.4. The van der Waals surface area contributed by atoms with Crippen molar-refractivity contribution in [2.45, 2.75) is 40.2 Å². The highest BCUT2D eigenvalue weighted by Crippen LogP contribution is 2.23. The molecule has 24 heavy (non-hydrogen) atoms. The zero-order chi connectivity index (χ0) is 17.7. The average Bonchev–Trinajstić information content (AvgIpc) is 2.94. The van der Waals surface area contributed by atoms with Gasteiger partial charge in [0.1, 0.15) is 0 Å². The van der Waals surface area contributed by atoms with Gasteiger partial charge in [0.2, 0.25) is 0 Å². The molecule has 5 nitrogen and oxygen atoms in total. The summed E-state index contributed by atoms with van der Waals surface area (Å²) in [5.74, 6) is 0. The van der Waals surface area contributed by atoms with Crippen molar-refractivity contribution in [3.8, 4) is 11.8 Å². The molecule has 0 saturated heterocycles. The molecule has 0 fully saturated rings. The summed E-state index contributed by atoms with van der Waals surface area (Å²) in [6.07, 6.45) is 2.67. The summed E-state index contributed by atoms with van der Waals surface area (Å²) in [7, 11) is 0. The lowest BCUT2D eigenvalue weighted by atomic mass is 9.89. The van der Waals surface area contributed by atoms with E-state index in [-0.39, 0.29) is 18.1 Å². The fraction of sp³-hybridized carbons (Fsp3) is 0.474. The third-order valence-corrected chi connectivity index (χ3v) is 4.43. The van der Waals surface area contributed by atoms with E-state index in [4.69, 9.17) is 10.4 Å². The van der Waals surface area contributed by atoms with Gasteiger partial charge in [0.15, 0.2) is 0 Å². The molecule has 1 atom stereocenters. The van der Waals surface area contributed by atoms with Gasteiger partial charge in [0, 0.05) is 30.5 Å². The van der Waals surface area contributed by atoms with Gasteiger partial charge in [-0.25, -0.2) is 4.68 Å². The Labute approximate surface area is 143 Å². The largest absolute Gasteiger partial charge is 0.396 e. The van der Waals surface area contributed by atoms with E-state index in [1.54, 1.807) is 12.1 Å². The Hall–Kier alpha value is -2.16. The van der Waals surface area contributed by atoms with Crippen molar-refractivity contribution in [2.75, 3.05) is 13.2 Å². The Morgan fingerprint density at radius 3 is 2.58 bits per heavy atom. The van der Waals surface area contributed by atoms with E-state index in [9.17, 15) is 0 Å². The monoisotopic (exact) mass is 326 g/mol. The molecule has 1 heterocycles. The van der Waals surface area contributed by atoms with Crippen LogP contribution in [-0.4, -0.2) is 28.0 Å². The lowest BCUT2D eigenvalue weighted by molar-refractivity contribution is 0.203. The number of aliphatic hydroxyl groups excluding tert-OH is 1. The van der Waals surface area contributed by atoms with Crippen molar-refractivity contribution in [3.63, 3.8) is 0 Å². The van der Waals surface area contributed by atoms with Crippen LogP contribution in [0.2, 0.25) is 0 Å². The molecule has 0 aliphatic heterocycles. The van der Waals surface area contributed by atoms with Crippen LogP contribution in [0.25, 0.3) is 5.69 Å². The summed E-state index contributed by atoms with van der Waals surface area (Å²) in [4.78, 5) is 0. The zero-order valence-electron chi connectivity index (χ0n) is 14.9. The van der Waals surface area contributed by atoms with Crippen LogP contribution < -0.4 is 5.32 Å². The lowest BCUT2D eigenvalue weighted by Crippen LogP contribution is -2.32. The molecule has 2 N–H and O–H groups in total. The number of rotatable bonds is 7. The average molecular weight is 326 g/mol. The third-order valence-electron chi connectivity index (χ3n) is 4.43. The van der Waals surface area contributed by atoms with Crippen LogP contribution in [0.1, 0.15) is 50.1 Å². The van der Waals surface area contributed by atoms with Crippen molar-refractivity contribution in [1.82, 2.24) is 15.1 Å². The molecule has 0 saturated carbocycles. The molecule has 2 aromatic rings. The number of nitrogens with zero attached hydrogens (tertiary/aromatic N) is 3. The lowest BCUT2D eigenvalue weighted by Gasteiger charge is -2.26. The first-order valence-corrected chi connectivity index (χ1v) is 8.27. The maximum absolute atomic E-state index is 9.13. The number of aromatic nitrogens is 2. The second-order valence-electron chi connectivity index (χ2n) is 7.00. The summed E-state index contributed by atoms with van der Waals surface area (Å²) >= 11 is 0. The van der Waals surface area contributed by atoms with Gasteiger partial charge in [-0.2, -0.15) is 10.4 Å². The Kier molecular flexibility index (Phi) is 5.76. The molecular weight excluding hydrogens is 300 g/mol. The quantitative estimate of drug-likeness (QED) is 0.820. The second kappa shape index (κ2) is 7.61. The van der Waals surface area contributed by atoms with Crippen molar-refractivity contribution in [1.29, 1.82) is 5.26 Å². The topological polar surface area (TPSA) is 73.9 Å². The minimum Gasteiger partial charge on any atom is -0.396 e. The van der Waals surface area contributed by atoms with Crippen molar-refractivity contribution >= 4 is 0 Å². The maximum atomic E-state index is 9.13. The molecule has 2 rings (SSSR count). The fourth-order valence-corrected chi connectivity index (χ4v) is 2.72. The molecule has 1 aromatic carbocycles. The van der Waals surface area contributed by atoms with Crippen LogP contribution >= 0.6 is 0 Å². The molecule has 0 radical (unpaired) electrons. The smallest absolute Gasteiger partial charge is 0.0991 e. The molecule has 1 aromatic heterocycles. The van der Waals surface area contributed by atoms with Gasteiger partial charge in [0.25, 0.3) is 0 Å². The number of nitrogens with one attached hydrogen (secondary N) is 1. The molecule has 0 amide bonds. The van der Waals surface area contributed by atoms with E-state index in [2.05, 4.69) is 44.2 Å². The molecule has 1 unspecified atom stereocenters. The van der Waals surface area contributed by atoms with E-state index in [0.29, 0.717) is 5.56 Å². The maximum Gasteiger partial charge on any atom is 0.0991 e. The predicted molar refractivity (Wildman–Crippen MR) is 94.9 cm³/mol. The molecule has 0 spiro atoms. The summed E-state index contributed by atoms with van der Waals surface area (Å²) in [6, 6.07) is 9.72. The third kappa shape index (κ3) is 4.22. The standard InChI is InChI=1S/C19H26N4O/c1-14(21-13-19(3,4)9-10-24)18-12-22-23(15(18)2)17-7-5-16(11-20)6-8-17/h5-8,12,14,21,24H,9-10,13H2,1-4H3. The Morgan fingerprint density at radius 1 is 1.33 bits per heavy atom. The highest BCUT2D eigenvalue weighted by atomic mass is 16.3. The van der Waals surface area contributed by atoms with Gasteiger partial charge in [-0.05, 0) is 49.9 Å². The summed E-state index contributed by atoms with van der Waals surface area (Å²) in [6.45, 7) is 9.51. The van der Waals surface area contributed by atoms with Crippen molar-refractivity contribution in [2.24, 2.45) is 5.41 Å². The van der Waals surface area contributed by atoms with Crippen LogP contribution in [0.4, 0.5) is 0 Å². The van der Waals surface area contributed by atoms with Crippen LogP contribution in [0, 0.1) is 23.7 Å². The highest BCUT2D eigenvalue weighted by Gasteiger charge is 2.20. The molecule has 5 heteroatoms. The van der Waals surface area contributed by atoms with Gasteiger partial charge in [-0.15, -0.1) is 0 Å². The minimum atomic E-state index is 0.0556. The van der Waals surface area contributed by atoms with E-state index in [1.807, 2.05) is 23.0 Å². The van der Waals surface area contributed by atoms with Gasteiger partial charge >= 0.3 is 0 Å². The van der Waals surface area contributed by atoms with Crippen LogP contribution in [0.3, 0.4) is 0 Å². The summed E-state index contributed by atoms with van der Waals surface area (Å²) in [5, 5.41) is 26.1. The number of benzene rings is 1. The van der Waals surface area contributed by atoms with E-state index < -0.39 is 0 Å². The Balaban J connectivity index is 2.12. The number of hydrogen-bond acceptors (Lipinski definition) is 4. The minimum absolute atomic E-state index is 0.0556. The fourth-order valence-electron chi connectivity index (χ4n) is 2.72. The Bertz CT molecular complexity index is 710. The highest BCUT2D eigenvalue weighted by molar-refractivity contribution is 5.40. The summed E-state index contributed by atoms with van der Waals surface area (Å²) < 4.78 is 1.90. The predicted octanol–water partition coefficient (Wildman–Crippen LogP) is 3.11. The summed E-state index contributed by atoms with van der Waals surface area (Å²) in [5.41, 5.74) is 3.88. The van der Waals surface area contributed by atoms with Crippen molar-refractivity contribution < 1.29 is 5.11 Å². The van der Waals surface area contributed by atoms with Gasteiger partial charge in [-0.3, -0.25) is 0 Å². The first kappa shape index (κ1) is 18.2. The van der Waals surface area contributed by atoms with Gasteiger partial charge in [0.05, 0.1) is 23.5 Å². The number of hydrogen-bond donors (Lipinski definition) is 2. The van der Waals surface area contributed by atoms with Crippen LogP contribution in [-0.2, 0) is 0 Å². The zero-order valence-corrected chi connectivity index (χ0v) is 14.9. The van der Waals surface area contributed by atoms with E-state index >= 15 is 0 Å². The number of aliphatic hydroxyl groups is 1. The second-order valence-corrected chi connectivity index (χ2v) is 7.00. The molecule has 0 aliphatic rings. The molecule has 128 valence electrons. The first-order valence-electron chi connectivity index (χ1n) is 8.27. The van der Waals surface area contributed by atoms with Crippen LogP contribution in [0.5, 0.6) is 0 Å². The van der Waals surface area contributed by atoms with E-state index in [0.717, 1.165) is 29.9 Å². The van der Waals surface area contributed by atoms with Gasteiger partial charge < -0.3 is 10.4 Å². The molecule has 0 aliphatic carbocycles. The normalized spacial score (nSPS) is 12.8. The van der Waals surface area contributed by atoms with E-state index in [1.165, 1.54) is 0 Å². The molecular formula is C19H26N4O. The SMILES string of the molecule is Cc1c(C(C)NCC(C)(C)CCO)cnn1-c1ccc(C#N)cc1. The Morgan fingerprint density at radius 2 is 2.00 bits per heavy atom. The molecule has 0 bridgehead atoms. The number of nitriles is 1. The van der Waals surface area contributed by atoms with Gasteiger partial charge in [-0.1, -0.05) is 13.8 Å². The van der Waals surface area contributed by atoms with Crippen LogP contribution in [0.15, 0.2) is 30.5 Å².